The lowest BCUT2D eigenvalue weighted by molar-refractivity contribution is 0.0945. The molecule has 0 aromatic carbocycles. The summed E-state index contributed by atoms with van der Waals surface area (Å²) in [6.07, 6.45) is 5.11. The summed E-state index contributed by atoms with van der Waals surface area (Å²) in [5, 5.41) is 4.00. The van der Waals surface area contributed by atoms with Crippen molar-refractivity contribution in [2.45, 2.75) is 33.1 Å². The van der Waals surface area contributed by atoms with Gasteiger partial charge in [-0.25, -0.2) is 0 Å². The number of amides is 1. The van der Waals surface area contributed by atoms with Gasteiger partial charge in [-0.2, -0.15) is 0 Å². The number of rotatable bonds is 7. The minimum atomic E-state index is -0.0173. The Morgan fingerprint density at radius 1 is 1.50 bits per heavy atom. The molecular formula is C14H21BrN2O. The third-order valence-corrected chi connectivity index (χ3v) is 3.47. The van der Waals surface area contributed by atoms with Crippen molar-refractivity contribution < 1.29 is 4.79 Å². The molecule has 0 radical (unpaired) electrons. The van der Waals surface area contributed by atoms with E-state index in [1.165, 1.54) is 0 Å². The maximum absolute atomic E-state index is 12.0. The standard InChI is InChI=1S/C14H21BrN2O/c1-3-5-12(7-8-15)10-17-14(18)13-6-4-9-16-11(13)2/h4,6,9,12H,3,5,7-8,10H2,1-2H3,(H,17,18). The van der Waals surface area contributed by atoms with Crippen LogP contribution in [0.1, 0.15) is 42.2 Å². The van der Waals surface area contributed by atoms with Crippen molar-refractivity contribution in [3.8, 4) is 0 Å². The summed E-state index contributed by atoms with van der Waals surface area (Å²) in [7, 11) is 0. The first-order valence-corrected chi connectivity index (χ1v) is 7.57. The summed E-state index contributed by atoms with van der Waals surface area (Å²) in [6, 6.07) is 3.61. The Labute approximate surface area is 118 Å². The van der Waals surface area contributed by atoms with Crippen molar-refractivity contribution in [1.29, 1.82) is 0 Å². The van der Waals surface area contributed by atoms with Crippen LogP contribution in [0.25, 0.3) is 0 Å². The molecule has 0 fully saturated rings. The summed E-state index contributed by atoms with van der Waals surface area (Å²) in [5.74, 6) is 0.534. The predicted molar refractivity (Wildman–Crippen MR) is 78.1 cm³/mol. The quantitative estimate of drug-likeness (QED) is 0.785. The summed E-state index contributed by atoms with van der Waals surface area (Å²) in [6.45, 7) is 4.78. The average Bonchev–Trinajstić information content (AvgIpc) is 2.36. The van der Waals surface area contributed by atoms with Crippen molar-refractivity contribution in [2.24, 2.45) is 5.92 Å². The molecule has 0 spiro atoms. The predicted octanol–water partition coefficient (Wildman–Crippen LogP) is 3.32. The molecule has 1 amide bonds. The number of aryl methyl sites for hydroxylation is 1. The molecule has 0 saturated heterocycles. The highest BCUT2D eigenvalue weighted by Crippen LogP contribution is 2.12. The van der Waals surface area contributed by atoms with Crippen LogP contribution in [0.4, 0.5) is 0 Å². The highest BCUT2D eigenvalue weighted by Gasteiger charge is 2.12. The number of alkyl halides is 1. The monoisotopic (exact) mass is 312 g/mol. The Morgan fingerprint density at radius 2 is 2.28 bits per heavy atom. The Hall–Kier alpha value is -0.900. The third kappa shape index (κ3) is 4.77. The second-order valence-corrected chi connectivity index (χ2v) is 5.27. The van der Waals surface area contributed by atoms with Gasteiger partial charge in [-0.1, -0.05) is 29.3 Å². The van der Waals surface area contributed by atoms with Gasteiger partial charge in [0.25, 0.3) is 5.91 Å². The van der Waals surface area contributed by atoms with Gasteiger partial charge in [0.15, 0.2) is 0 Å². The van der Waals surface area contributed by atoms with Crippen LogP contribution in [-0.2, 0) is 0 Å². The lowest BCUT2D eigenvalue weighted by Gasteiger charge is -2.16. The van der Waals surface area contributed by atoms with E-state index in [2.05, 4.69) is 33.2 Å². The molecule has 1 N–H and O–H groups in total. The molecule has 1 rings (SSSR count). The zero-order valence-corrected chi connectivity index (χ0v) is 12.7. The van der Waals surface area contributed by atoms with Gasteiger partial charge in [0.2, 0.25) is 0 Å². The number of halogens is 1. The molecule has 1 aromatic heterocycles. The van der Waals surface area contributed by atoms with Gasteiger partial charge in [-0.15, -0.1) is 0 Å². The van der Waals surface area contributed by atoms with Crippen LogP contribution in [0.3, 0.4) is 0 Å². The Kier molecular flexibility index (Phi) is 6.94. The molecule has 0 aliphatic carbocycles. The molecule has 1 aromatic rings. The van der Waals surface area contributed by atoms with E-state index in [0.29, 0.717) is 11.5 Å². The number of hydrogen-bond donors (Lipinski definition) is 1. The number of nitrogens with zero attached hydrogens (tertiary/aromatic N) is 1. The van der Waals surface area contributed by atoms with Gasteiger partial charge < -0.3 is 5.32 Å². The molecule has 1 unspecified atom stereocenters. The first-order chi connectivity index (χ1) is 8.69. The third-order valence-electron chi connectivity index (χ3n) is 3.02. The van der Waals surface area contributed by atoms with Gasteiger partial charge in [0.05, 0.1) is 5.56 Å². The van der Waals surface area contributed by atoms with Crippen LogP contribution in [0.5, 0.6) is 0 Å². The van der Waals surface area contributed by atoms with Gasteiger partial charge in [-0.05, 0) is 37.8 Å². The van der Waals surface area contributed by atoms with E-state index in [9.17, 15) is 4.79 Å². The van der Waals surface area contributed by atoms with Crippen molar-refractivity contribution in [1.82, 2.24) is 10.3 Å². The van der Waals surface area contributed by atoms with Crippen molar-refractivity contribution >= 4 is 21.8 Å². The number of carbonyl (C=O) groups excluding carboxylic acids is 1. The Morgan fingerprint density at radius 3 is 2.89 bits per heavy atom. The molecule has 0 bridgehead atoms. The SMILES string of the molecule is CCCC(CCBr)CNC(=O)c1cccnc1C. The number of pyridine rings is 1. The van der Waals surface area contributed by atoms with E-state index in [0.717, 1.165) is 36.8 Å². The average molecular weight is 313 g/mol. The topological polar surface area (TPSA) is 42.0 Å². The highest BCUT2D eigenvalue weighted by molar-refractivity contribution is 9.09. The smallest absolute Gasteiger partial charge is 0.253 e. The molecule has 18 heavy (non-hydrogen) atoms. The zero-order chi connectivity index (χ0) is 13.4. The maximum atomic E-state index is 12.0. The fourth-order valence-electron chi connectivity index (χ4n) is 1.97. The molecule has 1 heterocycles. The van der Waals surface area contributed by atoms with Gasteiger partial charge in [0.1, 0.15) is 0 Å². The minimum Gasteiger partial charge on any atom is -0.352 e. The largest absolute Gasteiger partial charge is 0.352 e. The maximum Gasteiger partial charge on any atom is 0.253 e. The fourth-order valence-corrected chi connectivity index (χ4v) is 2.61. The number of aromatic nitrogens is 1. The molecule has 3 nitrogen and oxygen atoms in total. The Balaban J connectivity index is 2.52. The summed E-state index contributed by atoms with van der Waals surface area (Å²) < 4.78 is 0. The van der Waals surface area contributed by atoms with Gasteiger partial charge in [-0.3, -0.25) is 9.78 Å². The molecule has 0 aliphatic heterocycles. The zero-order valence-electron chi connectivity index (χ0n) is 11.1. The summed E-state index contributed by atoms with van der Waals surface area (Å²) in [5.41, 5.74) is 1.45. The number of carbonyl (C=O) groups is 1. The highest BCUT2D eigenvalue weighted by atomic mass is 79.9. The summed E-state index contributed by atoms with van der Waals surface area (Å²) in [4.78, 5) is 16.1. The number of nitrogens with one attached hydrogen (secondary N) is 1. The first-order valence-electron chi connectivity index (χ1n) is 6.44. The van der Waals surface area contributed by atoms with Crippen molar-refractivity contribution in [2.75, 3.05) is 11.9 Å². The van der Waals surface area contributed by atoms with Crippen LogP contribution in [-0.4, -0.2) is 22.8 Å². The van der Waals surface area contributed by atoms with Crippen LogP contribution in [0.15, 0.2) is 18.3 Å². The van der Waals surface area contributed by atoms with E-state index >= 15 is 0 Å². The van der Waals surface area contributed by atoms with Gasteiger partial charge >= 0.3 is 0 Å². The second kappa shape index (κ2) is 8.25. The van der Waals surface area contributed by atoms with E-state index < -0.39 is 0 Å². The van der Waals surface area contributed by atoms with Crippen LogP contribution < -0.4 is 5.32 Å². The lowest BCUT2D eigenvalue weighted by atomic mass is 10.0. The molecule has 0 saturated carbocycles. The molecule has 0 aliphatic rings. The van der Waals surface area contributed by atoms with E-state index in [-0.39, 0.29) is 5.91 Å². The van der Waals surface area contributed by atoms with Crippen molar-refractivity contribution in [3.63, 3.8) is 0 Å². The lowest BCUT2D eigenvalue weighted by Crippen LogP contribution is -2.30. The summed E-state index contributed by atoms with van der Waals surface area (Å²) >= 11 is 3.46. The second-order valence-electron chi connectivity index (χ2n) is 4.48. The molecule has 4 heteroatoms. The van der Waals surface area contributed by atoms with E-state index in [1.54, 1.807) is 12.3 Å². The molecular weight excluding hydrogens is 292 g/mol. The van der Waals surface area contributed by atoms with Crippen LogP contribution in [0, 0.1) is 12.8 Å². The van der Waals surface area contributed by atoms with Crippen LogP contribution >= 0.6 is 15.9 Å². The normalized spacial score (nSPS) is 12.2. The van der Waals surface area contributed by atoms with Crippen molar-refractivity contribution in [3.05, 3.63) is 29.6 Å². The minimum absolute atomic E-state index is 0.0173. The van der Waals surface area contributed by atoms with Gasteiger partial charge in [0, 0.05) is 23.8 Å². The Bertz CT molecular complexity index is 376. The first kappa shape index (κ1) is 15.2. The fraction of sp³-hybridized carbons (Fsp3) is 0.571. The van der Waals surface area contributed by atoms with E-state index in [1.807, 2.05) is 13.0 Å². The van der Waals surface area contributed by atoms with E-state index in [4.69, 9.17) is 0 Å². The number of hydrogen-bond acceptors (Lipinski definition) is 2. The molecule has 1 atom stereocenters. The molecule has 100 valence electrons. The van der Waals surface area contributed by atoms with Crippen LogP contribution in [0.2, 0.25) is 0 Å².